The number of piperazine rings is 1. The number of hydrogen-bond acceptors (Lipinski definition) is 6. The van der Waals surface area contributed by atoms with E-state index in [4.69, 9.17) is 9.47 Å². The molecule has 0 unspecified atom stereocenters. The number of benzene rings is 1. The molecule has 1 aromatic carbocycles. The van der Waals surface area contributed by atoms with E-state index in [0.717, 1.165) is 0 Å². The molecule has 0 bridgehead atoms. The van der Waals surface area contributed by atoms with Crippen molar-refractivity contribution >= 4 is 27.3 Å². The maximum absolute atomic E-state index is 12.8. The quantitative estimate of drug-likeness (QED) is 0.772. The zero-order chi connectivity index (χ0) is 18.7. The Morgan fingerprint density at radius 1 is 1.08 bits per heavy atom. The lowest BCUT2D eigenvalue weighted by Gasteiger charge is -2.34. The third-order valence-corrected chi connectivity index (χ3v) is 7.53. The summed E-state index contributed by atoms with van der Waals surface area (Å²) in [5, 5.41) is 1.74. The lowest BCUT2D eigenvalue weighted by molar-refractivity contribution is 0.0694. The number of ether oxygens (including phenoxy) is 2. The van der Waals surface area contributed by atoms with E-state index in [-0.39, 0.29) is 19.0 Å². The highest BCUT2D eigenvalue weighted by Crippen LogP contribution is 2.27. The van der Waals surface area contributed by atoms with Gasteiger partial charge >= 0.3 is 0 Å². The molecular weight excluding hydrogens is 376 g/mol. The third kappa shape index (κ3) is 3.55. The molecule has 7 nitrogen and oxygen atoms in total. The largest absolute Gasteiger partial charge is 0.497 e. The van der Waals surface area contributed by atoms with Gasteiger partial charge in [-0.3, -0.25) is 4.79 Å². The monoisotopic (exact) mass is 396 g/mol. The Morgan fingerprint density at radius 2 is 1.81 bits per heavy atom. The van der Waals surface area contributed by atoms with Gasteiger partial charge in [-0.05, 0) is 23.6 Å². The van der Waals surface area contributed by atoms with E-state index < -0.39 is 10.0 Å². The van der Waals surface area contributed by atoms with E-state index in [1.165, 1.54) is 22.8 Å². The fourth-order valence-electron chi connectivity index (χ4n) is 2.81. The highest BCUT2D eigenvalue weighted by atomic mass is 32.2. The standard InChI is InChI=1S/C17H20N2O5S2/c1-23-13-5-6-14(15(12-13)24-2)17(20)18-7-9-19(10-8-18)26(21,22)16-4-3-11-25-16/h3-6,11-12H,7-10H2,1-2H3. The van der Waals surface area contributed by atoms with E-state index in [1.807, 2.05) is 0 Å². The first-order valence-corrected chi connectivity index (χ1v) is 10.3. The molecule has 1 aliphatic rings. The van der Waals surface area contributed by atoms with Crippen LogP contribution in [-0.2, 0) is 10.0 Å². The first-order chi connectivity index (χ1) is 12.5. The van der Waals surface area contributed by atoms with Gasteiger partial charge in [-0.2, -0.15) is 4.31 Å². The SMILES string of the molecule is COc1ccc(C(=O)N2CCN(S(=O)(=O)c3cccs3)CC2)c(OC)c1. The van der Waals surface area contributed by atoms with Gasteiger partial charge in [-0.25, -0.2) is 8.42 Å². The van der Waals surface area contributed by atoms with Gasteiger partial charge in [0.2, 0.25) is 0 Å². The van der Waals surface area contributed by atoms with Gasteiger partial charge in [0.15, 0.2) is 0 Å². The molecule has 0 saturated carbocycles. The number of carbonyl (C=O) groups excluding carboxylic acids is 1. The number of thiophene rings is 1. The number of carbonyl (C=O) groups is 1. The van der Waals surface area contributed by atoms with E-state index in [0.29, 0.717) is 34.4 Å². The highest BCUT2D eigenvalue weighted by molar-refractivity contribution is 7.91. The van der Waals surface area contributed by atoms with Crippen molar-refractivity contribution in [1.82, 2.24) is 9.21 Å². The van der Waals surface area contributed by atoms with Crippen molar-refractivity contribution < 1.29 is 22.7 Å². The summed E-state index contributed by atoms with van der Waals surface area (Å²) < 4.78 is 37.3. The Kier molecular flexibility index (Phi) is 5.49. The average Bonchev–Trinajstić information content (AvgIpc) is 3.22. The van der Waals surface area contributed by atoms with Crippen LogP contribution in [0.5, 0.6) is 11.5 Å². The van der Waals surface area contributed by atoms with Crippen molar-refractivity contribution in [1.29, 1.82) is 0 Å². The molecule has 9 heteroatoms. The van der Waals surface area contributed by atoms with Crippen LogP contribution in [0.25, 0.3) is 0 Å². The molecule has 0 radical (unpaired) electrons. The predicted octanol–water partition coefficient (Wildman–Crippen LogP) is 1.91. The number of nitrogens with zero attached hydrogens (tertiary/aromatic N) is 2. The summed E-state index contributed by atoms with van der Waals surface area (Å²) in [4.78, 5) is 14.4. The number of rotatable bonds is 5. The minimum atomic E-state index is -3.48. The van der Waals surface area contributed by atoms with Gasteiger partial charge in [0.25, 0.3) is 15.9 Å². The van der Waals surface area contributed by atoms with E-state index >= 15 is 0 Å². The molecule has 26 heavy (non-hydrogen) atoms. The van der Waals surface area contributed by atoms with Crippen molar-refractivity contribution in [2.75, 3.05) is 40.4 Å². The Labute approximate surface area is 156 Å². The Morgan fingerprint density at radius 3 is 2.38 bits per heavy atom. The third-order valence-electron chi connectivity index (χ3n) is 4.25. The molecule has 1 aliphatic heterocycles. The van der Waals surface area contributed by atoms with Crippen LogP contribution >= 0.6 is 11.3 Å². The summed E-state index contributed by atoms with van der Waals surface area (Å²) in [5.74, 6) is 0.853. The van der Waals surface area contributed by atoms with E-state index in [1.54, 1.807) is 47.7 Å². The zero-order valence-corrected chi connectivity index (χ0v) is 16.2. The van der Waals surface area contributed by atoms with Gasteiger partial charge in [-0.1, -0.05) is 6.07 Å². The van der Waals surface area contributed by atoms with Crippen LogP contribution in [0.1, 0.15) is 10.4 Å². The van der Waals surface area contributed by atoms with Crippen molar-refractivity contribution in [2.45, 2.75) is 4.21 Å². The van der Waals surface area contributed by atoms with Gasteiger partial charge in [0, 0.05) is 32.2 Å². The van der Waals surface area contributed by atoms with Gasteiger partial charge in [0.05, 0.1) is 19.8 Å². The average molecular weight is 396 g/mol. The molecule has 0 aliphatic carbocycles. The molecule has 1 saturated heterocycles. The van der Waals surface area contributed by atoms with Crippen LogP contribution in [0.2, 0.25) is 0 Å². The topological polar surface area (TPSA) is 76.2 Å². The molecular formula is C17H20N2O5S2. The molecule has 0 N–H and O–H groups in total. The fourth-order valence-corrected chi connectivity index (χ4v) is 5.38. The van der Waals surface area contributed by atoms with E-state index in [2.05, 4.69) is 0 Å². The second kappa shape index (κ2) is 7.65. The van der Waals surface area contributed by atoms with Crippen LogP contribution < -0.4 is 9.47 Å². The summed E-state index contributed by atoms with van der Waals surface area (Å²) in [6.07, 6.45) is 0. The lowest BCUT2D eigenvalue weighted by atomic mass is 10.1. The molecule has 1 fully saturated rings. The van der Waals surface area contributed by atoms with Crippen LogP contribution in [0.4, 0.5) is 0 Å². The van der Waals surface area contributed by atoms with Crippen LogP contribution in [-0.4, -0.2) is 63.9 Å². The summed E-state index contributed by atoms with van der Waals surface area (Å²) in [6.45, 7) is 1.20. The second-order valence-corrected chi connectivity index (χ2v) is 8.81. The van der Waals surface area contributed by atoms with Crippen molar-refractivity contribution in [3.05, 3.63) is 41.3 Å². The number of methoxy groups -OCH3 is 2. The summed E-state index contributed by atoms with van der Waals surface area (Å²) in [7, 11) is -0.439. The first-order valence-electron chi connectivity index (χ1n) is 8.02. The Balaban J connectivity index is 1.71. The highest BCUT2D eigenvalue weighted by Gasteiger charge is 2.31. The van der Waals surface area contributed by atoms with Gasteiger partial charge < -0.3 is 14.4 Å². The van der Waals surface area contributed by atoms with Crippen molar-refractivity contribution in [3.63, 3.8) is 0 Å². The molecule has 1 amide bonds. The van der Waals surface area contributed by atoms with Gasteiger partial charge in [0.1, 0.15) is 15.7 Å². The maximum atomic E-state index is 12.8. The minimum Gasteiger partial charge on any atom is -0.497 e. The Bertz CT molecular complexity index is 873. The molecule has 2 aromatic rings. The van der Waals surface area contributed by atoms with Crippen LogP contribution in [0.15, 0.2) is 39.9 Å². The second-order valence-electron chi connectivity index (χ2n) is 5.69. The molecule has 0 atom stereocenters. The normalized spacial score (nSPS) is 15.7. The molecule has 3 rings (SSSR count). The number of hydrogen-bond donors (Lipinski definition) is 0. The molecule has 140 valence electrons. The Hall–Kier alpha value is -2.10. The number of sulfonamides is 1. The molecule has 2 heterocycles. The summed E-state index contributed by atoms with van der Waals surface area (Å²) in [5.41, 5.74) is 0.433. The van der Waals surface area contributed by atoms with Crippen LogP contribution in [0, 0.1) is 0 Å². The van der Waals surface area contributed by atoms with Crippen LogP contribution in [0.3, 0.4) is 0 Å². The number of amides is 1. The maximum Gasteiger partial charge on any atom is 0.257 e. The first kappa shape index (κ1) is 18.7. The summed E-state index contributed by atoms with van der Waals surface area (Å²) >= 11 is 1.20. The fraction of sp³-hybridized carbons (Fsp3) is 0.353. The predicted molar refractivity (Wildman–Crippen MR) is 98.5 cm³/mol. The molecule has 1 aromatic heterocycles. The zero-order valence-electron chi connectivity index (χ0n) is 14.5. The van der Waals surface area contributed by atoms with E-state index in [9.17, 15) is 13.2 Å². The van der Waals surface area contributed by atoms with Gasteiger partial charge in [-0.15, -0.1) is 11.3 Å². The minimum absolute atomic E-state index is 0.183. The molecule has 0 spiro atoms. The van der Waals surface area contributed by atoms with Crippen molar-refractivity contribution in [2.24, 2.45) is 0 Å². The smallest absolute Gasteiger partial charge is 0.257 e. The summed E-state index contributed by atoms with van der Waals surface area (Å²) in [6, 6.07) is 8.33. The van der Waals surface area contributed by atoms with Crippen molar-refractivity contribution in [3.8, 4) is 11.5 Å². The lowest BCUT2D eigenvalue weighted by Crippen LogP contribution is -2.50.